The Morgan fingerprint density at radius 2 is 2.50 bits per heavy atom. The highest BCUT2D eigenvalue weighted by atomic mass is 16.5. The summed E-state index contributed by atoms with van der Waals surface area (Å²) in [6.45, 7) is 5.49. The van der Waals surface area contributed by atoms with Crippen LogP contribution in [0.15, 0.2) is 12.7 Å². The van der Waals surface area contributed by atoms with Crippen molar-refractivity contribution in [2.45, 2.75) is 6.42 Å². The number of ketones is 1. The van der Waals surface area contributed by atoms with E-state index >= 15 is 0 Å². The van der Waals surface area contributed by atoms with Crippen molar-refractivity contribution in [2.24, 2.45) is 5.92 Å². The zero-order chi connectivity index (χ0) is 10.6. The molecule has 1 aliphatic heterocycles. The van der Waals surface area contributed by atoms with Gasteiger partial charge in [0.2, 0.25) is 0 Å². The molecule has 0 aromatic carbocycles. The van der Waals surface area contributed by atoms with Crippen LogP contribution in [0.25, 0.3) is 0 Å². The summed E-state index contributed by atoms with van der Waals surface area (Å²) in [6.07, 6.45) is 2.19. The van der Waals surface area contributed by atoms with Crippen LogP contribution in [0.4, 0.5) is 0 Å². The van der Waals surface area contributed by atoms with Gasteiger partial charge in [-0.25, -0.2) is 0 Å². The van der Waals surface area contributed by atoms with Crippen LogP contribution in [-0.4, -0.2) is 43.4 Å². The highest BCUT2D eigenvalue weighted by molar-refractivity contribution is 5.99. The van der Waals surface area contributed by atoms with Crippen molar-refractivity contribution < 1.29 is 14.3 Å². The number of carbonyl (C=O) groups is 2. The first-order valence-corrected chi connectivity index (χ1v) is 4.62. The van der Waals surface area contributed by atoms with Crippen LogP contribution < -0.4 is 0 Å². The molecule has 4 heteroatoms. The summed E-state index contributed by atoms with van der Waals surface area (Å²) in [5, 5.41) is 0. The van der Waals surface area contributed by atoms with E-state index < -0.39 is 11.9 Å². The second-order valence-electron chi connectivity index (χ2n) is 3.34. The molecule has 0 aliphatic carbocycles. The number of rotatable bonds is 3. The number of nitrogens with zero attached hydrogens (tertiary/aromatic N) is 1. The summed E-state index contributed by atoms with van der Waals surface area (Å²) in [7, 11) is 1.31. The summed E-state index contributed by atoms with van der Waals surface area (Å²) >= 11 is 0. The van der Waals surface area contributed by atoms with Crippen molar-refractivity contribution in [2.75, 3.05) is 26.7 Å². The van der Waals surface area contributed by atoms with Gasteiger partial charge in [-0.1, -0.05) is 6.08 Å². The smallest absolute Gasteiger partial charge is 0.317 e. The van der Waals surface area contributed by atoms with Gasteiger partial charge in [0.1, 0.15) is 11.7 Å². The number of likely N-dealkylation sites (tertiary alicyclic amines) is 1. The number of esters is 1. The third-order valence-corrected chi connectivity index (χ3v) is 2.38. The van der Waals surface area contributed by atoms with Crippen molar-refractivity contribution in [3.63, 3.8) is 0 Å². The van der Waals surface area contributed by atoms with Crippen molar-refractivity contribution in [1.29, 1.82) is 0 Å². The molecule has 1 saturated heterocycles. The van der Waals surface area contributed by atoms with Crippen molar-refractivity contribution in [3.8, 4) is 0 Å². The van der Waals surface area contributed by atoms with Crippen LogP contribution in [0.5, 0.6) is 0 Å². The van der Waals surface area contributed by atoms with Crippen LogP contribution in [0.3, 0.4) is 0 Å². The second-order valence-corrected chi connectivity index (χ2v) is 3.34. The lowest BCUT2D eigenvalue weighted by molar-refractivity contribution is -0.151. The Balaban J connectivity index is 2.59. The van der Waals surface area contributed by atoms with Crippen LogP contribution in [0, 0.1) is 5.92 Å². The minimum atomic E-state index is -0.603. The standard InChI is InChI=1S/C10H15NO3/c1-3-5-11-6-4-9(12)8(7-11)10(13)14-2/h3,8H,1,4-7H2,2H3. The zero-order valence-electron chi connectivity index (χ0n) is 8.36. The average Bonchev–Trinajstić information content (AvgIpc) is 2.20. The molecule has 1 rings (SSSR count). The lowest BCUT2D eigenvalue weighted by Crippen LogP contribution is -2.44. The molecule has 1 fully saturated rings. The highest BCUT2D eigenvalue weighted by Gasteiger charge is 2.32. The first-order valence-electron chi connectivity index (χ1n) is 4.62. The van der Waals surface area contributed by atoms with Crippen molar-refractivity contribution in [3.05, 3.63) is 12.7 Å². The second kappa shape index (κ2) is 4.91. The topological polar surface area (TPSA) is 46.6 Å². The Labute approximate surface area is 83.5 Å². The zero-order valence-corrected chi connectivity index (χ0v) is 8.36. The van der Waals surface area contributed by atoms with Crippen LogP contribution in [0.2, 0.25) is 0 Å². The van der Waals surface area contributed by atoms with Crippen LogP contribution in [-0.2, 0) is 14.3 Å². The summed E-state index contributed by atoms with van der Waals surface area (Å²) in [6, 6.07) is 0. The molecule has 1 atom stereocenters. The Bertz CT molecular complexity index is 242. The van der Waals surface area contributed by atoms with E-state index in [2.05, 4.69) is 11.3 Å². The third kappa shape index (κ3) is 2.42. The molecule has 1 unspecified atom stereocenters. The normalized spacial score (nSPS) is 23.2. The summed E-state index contributed by atoms with van der Waals surface area (Å²) < 4.78 is 4.57. The Hall–Kier alpha value is -1.16. The van der Waals surface area contributed by atoms with Gasteiger partial charge in [-0.2, -0.15) is 0 Å². The molecular formula is C10H15NO3. The van der Waals surface area contributed by atoms with Gasteiger partial charge in [-0.05, 0) is 0 Å². The van der Waals surface area contributed by atoms with E-state index in [0.717, 1.165) is 0 Å². The Morgan fingerprint density at radius 3 is 3.07 bits per heavy atom. The number of piperidine rings is 1. The van der Waals surface area contributed by atoms with E-state index in [1.807, 2.05) is 4.90 Å². The fourth-order valence-corrected chi connectivity index (χ4v) is 1.59. The molecule has 14 heavy (non-hydrogen) atoms. The molecule has 1 aliphatic rings. The SMILES string of the molecule is C=CCN1CCC(=O)C(C(=O)OC)C1. The molecule has 4 nitrogen and oxygen atoms in total. The first-order chi connectivity index (χ1) is 6.69. The van der Waals surface area contributed by atoms with Gasteiger partial charge < -0.3 is 4.74 Å². The van der Waals surface area contributed by atoms with Crippen LogP contribution >= 0.6 is 0 Å². The predicted molar refractivity (Wildman–Crippen MR) is 51.8 cm³/mol. The Kier molecular flexibility index (Phi) is 3.83. The summed E-state index contributed by atoms with van der Waals surface area (Å²) in [4.78, 5) is 24.6. The molecule has 78 valence electrons. The van der Waals surface area contributed by atoms with E-state index in [1.54, 1.807) is 6.08 Å². The van der Waals surface area contributed by atoms with Gasteiger partial charge in [-0.15, -0.1) is 6.58 Å². The van der Waals surface area contributed by atoms with E-state index in [1.165, 1.54) is 7.11 Å². The number of hydrogen-bond acceptors (Lipinski definition) is 4. The largest absolute Gasteiger partial charge is 0.468 e. The van der Waals surface area contributed by atoms with E-state index in [0.29, 0.717) is 26.1 Å². The fraction of sp³-hybridized carbons (Fsp3) is 0.600. The number of Topliss-reactive ketones (excluding diaryl/α,β-unsaturated/α-hetero) is 1. The lowest BCUT2D eigenvalue weighted by atomic mass is 9.96. The molecule has 1 heterocycles. The molecule has 0 spiro atoms. The Morgan fingerprint density at radius 1 is 1.79 bits per heavy atom. The summed E-state index contributed by atoms with van der Waals surface area (Å²) in [5.41, 5.74) is 0. The molecule has 0 N–H and O–H groups in total. The van der Waals surface area contributed by atoms with E-state index in [4.69, 9.17) is 0 Å². The molecule has 0 aromatic heterocycles. The molecule has 0 amide bonds. The van der Waals surface area contributed by atoms with E-state index in [9.17, 15) is 9.59 Å². The lowest BCUT2D eigenvalue weighted by Gasteiger charge is -2.29. The monoisotopic (exact) mass is 197 g/mol. The first kappa shape index (κ1) is 10.9. The maximum absolute atomic E-state index is 11.4. The number of carbonyl (C=O) groups excluding carboxylic acids is 2. The number of hydrogen-bond donors (Lipinski definition) is 0. The van der Waals surface area contributed by atoms with Gasteiger partial charge in [-0.3, -0.25) is 14.5 Å². The van der Waals surface area contributed by atoms with Gasteiger partial charge in [0, 0.05) is 26.1 Å². The maximum Gasteiger partial charge on any atom is 0.317 e. The molecule has 0 radical (unpaired) electrons. The van der Waals surface area contributed by atoms with Gasteiger partial charge in [0.15, 0.2) is 0 Å². The highest BCUT2D eigenvalue weighted by Crippen LogP contribution is 2.14. The maximum atomic E-state index is 11.4. The van der Waals surface area contributed by atoms with Gasteiger partial charge >= 0.3 is 5.97 Å². The van der Waals surface area contributed by atoms with Gasteiger partial charge in [0.05, 0.1) is 7.11 Å². The average molecular weight is 197 g/mol. The summed E-state index contributed by atoms with van der Waals surface area (Å²) in [5.74, 6) is -1.05. The molecule has 0 aromatic rings. The van der Waals surface area contributed by atoms with E-state index in [-0.39, 0.29) is 5.78 Å². The van der Waals surface area contributed by atoms with Crippen LogP contribution in [0.1, 0.15) is 6.42 Å². The minimum absolute atomic E-state index is 0.0165. The van der Waals surface area contributed by atoms with Gasteiger partial charge in [0.25, 0.3) is 0 Å². The molecule has 0 saturated carbocycles. The number of methoxy groups -OCH3 is 1. The number of ether oxygens (including phenoxy) is 1. The predicted octanol–water partition coefficient (Wildman–Crippen LogP) is 0.236. The quantitative estimate of drug-likeness (QED) is 0.369. The molecule has 0 bridgehead atoms. The fourth-order valence-electron chi connectivity index (χ4n) is 1.59. The van der Waals surface area contributed by atoms with Crippen molar-refractivity contribution >= 4 is 11.8 Å². The molecular weight excluding hydrogens is 182 g/mol. The minimum Gasteiger partial charge on any atom is -0.468 e. The van der Waals surface area contributed by atoms with Crippen molar-refractivity contribution in [1.82, 2.24) is 4.90 Å². The third-order valence-electron chi connectivity index (χ3n) is 2.38.